The molecule has 0 saturated heterocycles. The molecule has 166 valence electrons. The SMILES string of the molecule is COc1ccc(N(CC(=O)N[C@H]2C[C@@H]3CC[C@@H]2C3)S(=O)(=O)c2ccccc2)cc1OC. The van der Waals surface area contributed by atoms with Crippen LogP contribution in [-0.4, -0.2) is 41.1 Å². The van der Waals surface area contributed by atoms with Gasteiger partial charge in [-0.05, 0) is 55.4 Å². The minimum Gasteiger partial charge on any atom is -0.493 e. The first-order chi connectivity index (χ1) is 14.9. The molecule has 0 unspecified atom stereocenters. The highest BCUT2D eigenvalue weighted by molar-refractivity contribution is 7.92. The van der Waals surface area contributed by atoms with Gasteiger partial charge in [0.05, 0.1) is 24.8 Å². The summed E-state index contributed by atoms with van der Waals surface area (Å²) in [5.41, 5.74) is 0.338. The van der Waals surface area contributed by atoms with Crippen molar-refractivity contribution in [1.82, 2.24) is 5.32 Å². The van der Waals surface area contributed by atoms with Crippen molar-refractivity contribution in [2.24, 2.45) is 11.8 Å². The molecule has 3 atom stereocenters. The van der Waals surface area contributed by atoms with Crippen LogP contribution in [0, 0.1) is 11.8 Å². The van der Waals surface area contributed by atoms with Gasteiger partial charge in [0.15, 0.2) is 11.5 Å². The summed E-state index contributed by atoms with van der Waals surface area (Å²) in [6.07, 6.45) is 4.51. The van der Waals surface area contributed by atoms with Crippen LogP contribution in [0.1, 0.15) is 25.7 Å². The van der Waals surface area contributed by atoms with Crippen molar-refractivity contribution in [3.05, 3.63) is 48.5 Å². The van der Waals surface area contributed by atoms with Gasteiger partial charge in [0.2, 0.25) is 5.91 Å². The number of carbonyl (C=O) groups excluding carboxylic acids is 1. The van der Waals surface area contributed by atoms with Crippen LogP contribution in [-0.2, 0) is 14.8 Å². The Balaban J connectivity index is 1.63. The Bertz CT molecular complexity index is 1040. The van der Waals surface area contributed by atoms with Crippen LogP contribution in [0.5, 0.6) is 11.5 Å². The van der Waals surface area contributed by atoms with Gasteiger partial charge < -0.3 is 14.8 Å². The van der Waals surface area contributed by atoms with Crippen LogP contribution in [0.3, 0.4) is 0 Å². The Morgan fingerprint density at radius 3 is 2.39 bits per heavy atom. The van der Waals surface area contributed by atoms with Crippen LogP contribution in [0.2, 0.25) is 0 Å². The fourth-order valence-corrected chi connectivity index (χ4v) is 6.25. The number of nitrogens with zero attached hydrogens (tertiary/aromatic N) is 1. The number of fused-ring (bicyclic) bond motifs is 2. The monoisotopic (exact) mass is 444 g/mol. The lowest BCUT2D eigenvalue weighted by atomic mass is 9.95. The van der Waals surface area contributed by atoms with E-state index in [0.717, 1.165) is 23.6 Å². The average molecular weight is 445 g/mol. The summed E-state index contributed by atoms with van der Waals surface area (Å²) >= 11 is 0. The van der Waals surface area contributed by atoms with E-state index in [1.54, 1.807) is 36.4 Å². The van der Waals surface area contributed by atoms with Crippen LogP contribution in [0.15, 0.2) is 53.4 Å². The molecule has 1 N–H and O–H groups in total. The molecule has 2 aromatic rings. The third kappa shape index (κ3) is 4.35. The largest absolute Gasteiger partial charge is 0.493 e. The van der Waals surface area contributed by atoms with Crippen molar-refractivity contribution in [2.45, 2.75) is 36.6 Å². The maximum absolute atomic E-state index is 13.5. The lowest BCUT2D eigenvalue weighted by molar-refractivity contribution is -0.120. The van der Waals surface area contributed by atoms with Gasteiger partial charge in [-0.15, -0.1) is 0 Å². The smallest absolute Gasteiger partial charge is 0.264 e. The predicted molar refractivity (Wildman–Crippen MR) is 118 cm³/mol. The van der Waals surface area contributed by atoms with Gasteiger partial charge in [0.1, 0.15) is 6.54 Å². The van der Waals surface area contributed by atoms with E-state index in [9.17, 15) is 13.2 Å². The summed E-state index contributed by atoms with van der Waals surface area (Å²) in [5, 5.41) is 3.08. The lowest BCUT2D eigenvalue weighted by Crippen LogP contribution is -2.46. The van der Waals surface area contributed by atoms with E-state index in [4.69, 9.17) is 9.47 Å². The van der Waals surface area contributed by atoms with Crippen LogP contribution >= 0.6 is 0 Å². The first-order valence-electron chi connectivity index (χ1n) is 10.5. The quantitative estimate of drug-likeness (QED) is 0.676. The molecule has 2 aromatic carbocycles. The Hall–Kier alpha value is -2.74. The highest BCUT2D eigenvalue weighted by atomic mass is 32.2. The summed E-state index contributed by atoms with van der Waals surface area (Å²) in [6, 6.07) is 13.1. The zero-order chi connectivity index (χ0) is 22.0. The summed E-state index contributed by atoms with van der Waals surface area (Å²) in [5.74, 6) is 1.77. The standard InChI is InChI=1S/C23H28N2O5S/c1-29-21-11-10-18(14-22(21)30-2)25(31(27,28)19-6-4-3-5-7-19)15-23(26)24-20-13-16-8-9-17(20)12-16/h3-7,10-11,14,16-17,20H,8-9,12-13,15H2,1-2H3,(H,24,26)/t16-,17-,20+/m1/s1. The maximum Gasteiger partial charge on any atom is 0.264 e. The molecular weight excluding hydrogens is 416 g/mol. The minimum atomic E-state index is -3.96. The molecule has 1 amide bonds. The molecule has 31 heavy (non-hydrogen) atoms. The minimum absolute atomic E-state index is 0.123. The molecule has 8 heteroatoms. The molecule has 2 fully saturated rings. The Kier molecular flexibility index (Phi) is 6.09. The molecule has 2 bridgehead atoms. The number of methoxy groups -OCH3 is 2. The van der Waals surface area contributed by atoms with Crippen molar-refractivity contribution >= 4 is 21.6 Å². The zero-order valence-corrected chi connectivity index (χ0v) is 18.6. The van der Waals surface area contributed by atoms with Crippen LogP contribution in [0.4, 0.5) is 5.69 Å². The predicted octanol–water partition coefficient (Wildman–Crippen LogP) is 3.20. The molecule has 0 aliphatic heterocycles. The second-order valence-corrected chi connectivity index (χ2v) is 10.1. The molecule has 0 aromatic heterocycles. The number of anilines is 1. The summed E-state index contributed by atoms with van der Waals surface area (Å²) in [7, 11) is -0.963. The number of benzene rings is 2. The number of amides is 1. The zero-order valence-electron chi connectivity index (χ0n) is 17.8. The van der Waals surface area contributed by atoms with E-state index in [1.165, 1.54) is 32.8 Å². The summed E-state index contributed by atoms with van der Waals surface area (Å²) < 4.78 is 38.7. The third-order valence-corrected chi connectivity index (χ3v) is 8.15. The van der Waals surface area contributed by atoms with Crippen molar-refractivity contribution in [3.63, 3.8) is 0 Å². The molecule has 7 nitrogen and oxygen atoms in total. The maximum atomic E-state index is 13.5. The van der Waals surface area contributed by atoms with Gasteiger partial charge in [-0.25, -0.2) is 8.42 Å². The number of ether oxygens (including phenoxy) is 2. The van der Waals surface area contributed by atoms with Crippen molar-refractivity contribution in [1.29, 1.82) is 0 Å². The van der Waals surface area contributed by atoms with E-state index < -0.39 is 10.0 Å². The van der Waals surface area contributed by atoms with E-state index in [-0.39, 0.29) is 23.4 Å². The summed E-state index contributed by atoms with van der Waals surface area (Å²) in [4.78, 5) is 13.1. The normalized spacial score (nSPS) is 22.2. The number of hydrogen-bond acceptors (Lipinski definition) is 5. The summed E-state index contributed by atoms with van der Waals surface area (Å²) in [6.45, 7) is -0.305. The van der Waals surface area contributed by atoms with E-state index in [2.05, 4.69) is 5.32 Å². The van der Waals surface area contributed by atoms with Crippen LogP contribution < -0.4 is 19.1 Å². The van der Waals surface area contributed by atoms with Gasteiger partial charge in [-0.2, -0.15) is 0 Å². The number of hydrogen-bond donors (Lipinski definition) is 1. The number of nitrogens with one attached hydrogen (secondary N) is 1. The van der Waals surface area contributed by atoms with Crippen molar-refractivity contribution in [2.75, 3.05) is 25.1 Å². The highest BCUT2D eigenvalue weighted by Gasteiger charge is 2.40. The molecule has 0 radical (unpaired) electrons. The first-order valence-corrected chi connectivity index (χ1v) is 12.0. The number of carbonyl (C=O) groups is 1. The van der Waals surface area contributed by atoms with Gasteiger partial charge in [0, 0.05) is 12.1 Å². The molecule has 4 rings (SSSR count). The molecule has 2 aliphatic carbocycles. The molecule has 0 spiro atoms. The second-order valence-electron chi connectivity index (χ2n) is 8.21. The first kappa shape index (κ1) is 21.5. The van der Waals surface area contributed by atoms with Gasteiger partial charge in [-0.1, -0.05) is 24.6 Å². The Labute approximate surface area is 183 Å². The number of sulfonamides is 1. The Morgan fingerprint density at radius 1 is 1.03 bits per heavy atom. The molecule has 0 heterocycles. The van der Waals surface area contributed by atoms with Gasteiger partial charge >= 0.3 is 0 Å². The van der Waals surface area contributed by atoms with E-state index in [0.29, 0.717) is 29.0 Å². The highest BCUT2D eigenvalue weighted by Crippen LogP contribution is 2.44. The lowest BCUT2D eigenvalue weighted by Gasteiger charge is -2.27. The fourth-order valence-electron chi connectivity index (χ4n) is 4.82. The van der Waals surface area contributed by atoms with Crippen molar-refractivity contribution < 1.29 is 22.7 Å². The second kappa shape index (κ2) is 8.78. The van der Waals surface area contributed by atoms with Gasteiger partial charge in [-0.3, -0.25) is 9.10 Å². The van der Waals surface area contributed by atoms with Gasteiger partial charge in [0.25, 0.3) is 10.0 Å². The number of rotatable bonds is 8. The topological polar surface area (TPSA) is 84.9 Å². The van der Waals surface area contributed by atoms with Crippen LogP contribution in [0.25, 0.3) is 0 Å². The van der Waals surface area contributed by atoms with Crippen molar-refractivity contribution in [3.8, 4) is 11.5 Å². The molecular formula is C23H28N2O5S. The fraction of sp³-hybridized carbons (Fsp3) is 0.435. The van der Waals surface area contributed by atoms with E-state index >= 15 is 0 Å². The molecule has 2 saturated carbocycles. The Morgan fingerprint density at radius 2 is 1.77 bits per heavy atom. The van der Waals surface area contributed by atoms with E-state index in [1.807, 2.05) is 0 Å². The third-order valence-electron chi connectivity index (χ3n) is 6.36. The molecule has 2 aliphatic rings. The average Bonchev–Trinajstić information content (AvgIpc) is 3.41.